The molecule has 0 fully saturated rings. The highest BCUT2D eigenvalue weighted by Gasteiger charge is 2.26. The third kappa shape index (κ3) is 2.03. The van der Waals surface area contributed by atoms with E-state index in [-0.39, 0.29) is 5.69 Å². The fourth-order valence-corrected chi connectivity index (χ4v) is 4.81. The van der Waals surface area contributed by atoms with Crippen LogP contribution >= 0.6 is 12.9 Å². The smallest absolute Gasteiger partial charge is 0.305 e. The van der Waals surface area contributed by atoms with Gasteiger partial charge in [-0.1, -0.05) is 23.1 Å². The van der Waals surface area contributed by atoms with Crippen LogP contribution in [0.25, 0.3) is 5.70 Å². The van der Waals surface area contributed by atoms with E-state index in [1.165, 1.54) is 13.4 Å². The molecule has 0 N–H and O–H groups in total. The molecule has 1 aromatic rings. The maximum Gasteiger partial charge on any atom is 0.482 e. The van der Waals surface area contributed by atoms with Crippen LogP contribution in [0.1, 0.15) is 6.92 Å². The normalized spacial score (nSPS) is 20.7. The number of hydrogen-bond acceptors (Lipinski definition) is 3. The lowest BCUT2D eigenvalue weighted by molar-refractivity contribution is 0.692. The summed E-state index contributed by atoms with van der Waals surface area (Å²) in [6, 6.07) is 0. The van der Waals surface area contributed by atoms with E-state index in [1.807, 2.05) is 12.2 Å². The van der Waals surface area contributed by atoms with Crippen molar-refractivity contribution in [2.24, 2.45) is 13.0 Å². The predicted octanol–water partition coefficient (Wildman–Crippen LogP) is 0.570. The van der Waals surface area contributed by atoms with Crippen molar-refractivity contribution < 1.29 is 0 Å². The van der Waals surface area contributed by atoms with Crippen molar-refractivity contribution in [2.45, 2.75) is 6.92 Å². The van der Waals surface area contributed by atoms with Gasteiger partial charge in [0.2, 0.25) is 0 Å². The molecule has 1 heterocycles. The molecule has 16 heavy (non-hydrogen) atoms. The Bertz CT molecular complexity index is 504. The average molecular weight is 294 g/mol. The van der Waals surface area contributed by atoms with E-state index >= 15 is 0 Å². The summed E-state index contributed by atoms with van der Waals surface area (Å²) in [6.45, 7) is 2.12. The minimum Gasteiger partial charge on any atom is -0.305 e. The summed E-state index contributed by atoms with van der Waals surface area (Å²) in [4.78, 5) is 11.8. The molecular weight excluding hydrogens is 284 g/mol. The Hall–Kier alpha value is -0.404. The molecule has 5 nitrogen and oxygen atoms in total. The molecule has 1 unspecified atom stereocenters. The first-order valence-electron chi connectivity index (χ1n) is 4.95. The number of hydrogen-bond donors (Lipinski definition) is 0. The quantitative estimate of drug-likeness (QED) is 0.749. The molecule has 0 saturated carbocycles. The Morgan fingerprint density at radius 2 is 2.25 bits per heavy atom. The molecule has 0 saturated heterocycles. The molecular formula is C9H10BrMgN4O. The summed E-state index contributed by atoms with van der Waals surface area (Å²) in [5.74, 6) is 0.361. The van der Waals surface area contributed by atoms with Crippen molar-refractivity contribution >= 4 is 36.8 Å². The van der Waals surface area contributed by atoms with Crippen LogP contribution in [0.2, 0.25) is 0 Å². The van der Waals surface area contributed by atoms with Crippen LogP contribution in [0.5, 0.6) is 0 Å². The molecule has 2 rings (SSSR count). The molecule has 1 aliphatic carbocycles. The zero-order valence-electron chi connectivity index (χ0n) is 9.09. The number of nitrogens with zero attached hydrogens (tertiary/aromatic N) is 4. The molecule has 1 aliphatic rings. The van der Waals surface area contributed by atoms with Crippen molar-refractivity contribution in [3.8, 4) is 0 Å². The van der Waals surface area contributed by atoms with E-state index in [9.17, 15) is 4.79 Å². The van der Waals surface area contributed by atoms with E-state index in [1.54, 1.807) is 7.05 Å². The first-order valence-corrected chi connectivity index (χ1v) is 9.55. The minimum absolute atomic E-state index is 0.207. The highest BCUT2D eigenvalue weighted by Crippen LogP contribution is 2.30. The van der Waals surface area contributed by atoms with Gasteiger partial charge in [0, 0.05) is 12.7 Å². The lowest BCUT2D eigenvalue weighted by Crippen LogP contribution is -2.28. The molecule has 0 aliphatic heterocycles. The molecule has 0 spiro atoms. The second-order valence-electron chi connectivity index (χ2n) is 3.68. The molecule has 1 radical (unpaired) electrons. The maximum atomic E-state index is 11.8. The van der Waals surface area contributed by atoms with Crippen LogP contribution in [-0.4, -0.2) is 38.0 Å². The van der Waals surface area contributed by atoms with E-state index < -0.39 is 18.2 Å². The van der Waals surface area contributed by atoms with E-state index in [0.29, 0.717) is 5.92 Å². The lowest BCUT2D eigenvalue weighted by atomic mass is 9.99. The maximum absolute atomic E-state index is 11.8. The Morgan fingerprint density at radius 1 is 1.50 bits per heavy atom. The summed E-state index contributed by atoms with van der Waals surface area (Å²) in [5.41, 5.74) is 0.665. The zero-order valence-corrected chi connectivity index (χ0v) is 12.1. The van der Waals surface area contributed by atoms with Gasteiger partial charge in [-0.2, -0.15) is 9.36 Å². The van der Waals surface area contributed by atoms with Gasteiger partial charge in [0.25, 0.3) is 0 Å². The van der Waals surface area contributed by atoms with Gasteiger partial charge in [-0.05, 0) is 22.4 Å². The van der Waals surface area contributed by atoms with Gasteiger partial charge < -0.3 is 12.9 Å². The molecule has 0 amide bonds. The van der Waals surface area contributed by atoms with Crippen molar-refractivity contribution in [1.82, 2.24) is 19.8 Å². The van der Waals surface area contributed by atoms with Crippen LogP contribution in [0, 0.1) is 9.97 Å². The van der Waals surface area contributed by atoms with Crippen LogP contribution in [0.15, 0.2) is 23.0 Å². The number of allylic oxidation sites excluding steroid dienone is 4. The van der Waals surface area contributed by atoms with Gasteiger partial charge in [-0.3, -0.25) is 0 Å². The van der Waals surface area contributed by atoms with Gasteiger partial charge >= 0.3 is 23.9 Å². The lowest BCUT2D eigenvalue weighted by Gasteiger charge is -2.24. The number of rotatable bonds is 2. The second-order valence-corrected chi connectivity index (χ2v) is 6.39. The first kappa shape index (κ1) is 12.1. The van der Waals surface area contributed by atoms with Crippen LogP contribution in [-0.2, 0) is 7.05 Å². The third-order valence-corrected chi connectivity index (χ3v) is 5.73. The van der Waals surface area contributed by atoms with Crippen molar-refractivity contribution in [3.05, 3.63) is 32.8 Å². The van der Waals surface area contributed by atoms with E-state index in [4.69, 9.17) is 0 Å². The third-order valence-electron chi connectivity index (χ3n) is 2.63. The number of aromatic nitrogens is 4. The Balaban J connectivity index is 2.47. The standard InChI is InChI=1S/C9H10N4O.BrH.Mg/c1-7-4-3-5-8(6-7)13-9(14)12(2)10-11-13;;/h3-5,7H,1-2H3;1H;/q;;+1/p-1. The van der Waals surface area contributed by atoms with Gasteiger partial charge in [0.05, 0.1) is 0 Å². The molecule has 0 aromatic carbocycles. The van der Waals surface area contributed by atoms with Gasteiger partial charge in [0.1, 0.15) is 0 Å². The van der Waals surface area contributed by atoms with Crippen LogP contribution < -0.4 is 5.69 Å². The fraction of sp³-hybridized carbons (Fsp3) is 0.333. The van der Waals surface area contributed by atoms with Crippen molar-refractivity contribution in [2.75, 3.05) is 0 Å². The molecule has 7 heteroatoms. The van der Waals surface area contributed by atoms with Gasteiger partial charge in [-0.25, -0.2) is 4.79 Å². The van der Waals surface area contributed by atoms with E-state index in [0.717, 1.165) is 5.70 Å². The van der Waals surface area contributed by atoms with Crippen LogP contribution in [0.3, 0.4) is 0 Å². The summed E-state index contributed by atoms with van der Waals surface area (Å²) in [7, 11) is 1.60. The summed E-state index contributed by atoms with van der Waals surface area (Å²) < 4.78 is 3.87. The highest BCUT2D eigenvalue weighted by molar-refractivity contribution is 9.23. The molecule has 81 valence electrons. The molecule has 0 bridgehead atoms. The largest absolute Gasteiger partial charge is 0.482 e. The van der Waals surface area contributed by atoms with Crippen LogP contribution in [0.4, 0.5) is 0 Å². The Kier molecular flexibility index (Phi) is 3.65. The summed E-state index contributed by atoms with van der Waals surface area (Å²) >= 11 is 3.07. The van der Waals surface area contributed by atoms with Crippen molar-refractivity contribution in [1.29, 1.82) is 0 Å². The summed E-state index contributed by atoms with van der Waals surface area (Å²) in [6.07, 6.45) is 6.00. The summed E-state index contributed by atoms with van der Waals surface area (Å²) in [5, 5.41) is 7.59. The second kappa shape index (κ2) is 4.85. The molecule has 1 aromatic heterocycles. The zero-order chi connectivity index (χ0) is 11.7. The minimum atomic E-state index is -0.504. The molecule has 1 atom stereocenters. The fourth-order valence-electron chi connectivity index (χ4n) is 1.63. The predicted molar refractivity (Wildman–Crippen MR) is 65.8 cm³/mol. The SMILES string of the molecule is CC1C=CC=C(n2nnn(C)c2=O)[C]1[Mg][Br]. The monoisotopic (exact) mass is 293 g/mol. The van der Waals surface area contributed by atoms with Crippen molar-refractivity contribution in [3.63, 3.8) is 0 Å². The van der Waals surface area contributed by atoms with E-state index in [2.05, 4.69) is 36.3 Å². The Morgan fingerprint density at radius 3 is 2.81 bits per heavy atom. The topological polar surface area (TPSA) is 52.7 Å². The van der Waals surface area contributed by atoms with Gasteiger partial charge in [0.15, 0.2) is 0 Å². The first-order chi connectivity index (χ1) is 7.65. The number of aryl methyl sites for hydroxylation is 1. The Labute approximate surface area is 109 Å². The highest BCUT2D eigenvalue weighted by atomic mass is 79.9. The average Bonchev–Trinajstić information content (AvgIpc) is 2.59. The van der Waals surface area contributed by atoms with Gasteiger partial charge in [-0.15, -0.1) is 0 Å². The number of tetrazole rings is 1. The number of halogens is 1.